The maximum Gasteiger partial charge on any atom is 0.255 e. The van der Waals surface area contributed by atoms with Crippen molar-refractivity contribution in [2.75, 3.05) is 38.3 Å². The minimum atomic E-state index is -0.749. The van der Waals surface area contributed by atoms with Crippen molar-refractivity contribution >= 4 is 46.4 Å². The second-order valence-corrected chi connectivity index (χ2v) is 14.1. The number of piperidine rings is 1. The first-order valence-electron chi connectivity index (χ1n) is 19.6. The molecule has 5 amide bonds. The van der Waals surface area contributed by atoms with Gasteiger partial charge in [-0.2, -0.15) is 0 Å². The van der Waals surface area contributed by atoms with Gasteiger partial charge in [-0.3, -0.25) is 29.3 Å². The number of carbonyl (C=O) groups excluding carboxylic acids is 5. The molecule has 1 saturated heterocycles. The minimum Gasteiger partial charge on any atom is -0.508 e. The molecule has 2 heterocycles. The fourth-order valence-electron chi connectivity index (χ4n) is 7.08. The van der Waals surface area contributed by atoms with E-state index in [0.717, 1.165) is 34.3 Å². The zero-order valence-corrected chi connectivity index (χ0v) is 33.0. The zero-order valence-electron chi connectivity index (χ0n) is 33.0. The molecule has 6 rings (SSSR count). The molecule has 0 aliphatic carbocycles. The van der Waals surface area contributed by atoms with Gasteiger partial charge in [-0.1, -0.05) is 49.4 Å². The highest BCUT2D eigenvalue weighted by Crippen LogP contribution is 2.36. The van der Waals surface area contributed by atoms with Crippen LogP contribution in [0.4, 0.5) is 5.69 Å². The number of rotatable bonds is 18. The topological polar surface area (TPSA) is 193 Å². The van der Waals surface area contributed by atoms with Gasteiger partial charge in [-0.15, -0.1) is 0 Å². The number of ether oxygens (including phenoxy) is 3. The Bertz CT molecular complexity index is 2190. The summed E-state index contributed by atoms with van der Waals surface area (Å²) in [7, 11) is 0. The summed E-state index contributed by atoms with van der Waals surface area (Å²) in [4.78, 5) is 63.7. The second kappa shape index (κ2) is 19.8. The Kier molecular flexibility index (Phi) is 14.1. The third kappa shape index (κ3) is 10.7. The molecular formula is C45H48N4O10. The van der Waals surface area contributed by atoms with Gasteiger partial charge in [-0.05, 0) is 96.1 Å². The average Bonchev–Trinajstić information content (AvgIpc) is 3.57. The number of fused-ring (bicyclic) bond motifs is 1. The normalized spacial score (nSPS) is 15.9. The van der Waals surface area contributed by atoms with Crippen molar-refractivity contribution in [1.29, 1.82) is 0 Å². The van der Waals surface area contributed by atoms with Crippen LogP contribution in [0.3, 0.4) is 0 Å². The zero-order chi connectivity index (χ0) is 41.9. The SMILES string of the molecule is CCC(=C(c1ccc(O)cc1)c1ccc(OCCNC(=O)C(C)OCCOCCC(=O)Nc2cccc3c2CN(C2CCC(=O)NC2=O)C3=O)cc1)c1ccc(O)cc1. The van der Waals surface area contributed by atoms with E-state index >= 15 is 0 Å². The third-order valence-electron chi connectivity index (χ3n) is 10.1. The first-order valence-corrected chi connectivity index (χ1v) is 19.6. The maximum atomic E-state index is 13.0. The maximum absolute atomic E-state index is 13.0. The summed E-state index contributed by atoms with van der Waals surface area (Å²) < 4.78 is 17.1. The molecular weight excluding hydrogens is 757 g/mol. The van der Waals surface area contributed by atoms with Crippen LogP contribution < -0.4 is 20.7 Å². The van der Waals surface area contributed by atoms with Crippen LogP contribution in [0.1, 0.15) is 72.1 Å². The van der Waals surface area contributed by atoms with E-state index in [1.807, 2.05) is 48.5 Å². The fraction of sp³-hybridized carbons (Fsp3) is 0.311. The molecule has 2 unspecified atom stereocenters. The van der Waals surface area contributed by atoms with E-state index in [4.69, 9.17) is 14.2 Å². The number of aromatic hydroxyl groups is 2. The highest BCUT2D eigenvalue weighted by atomic mass is 16.5. The lowest BCUT2D eigenvalue weighted by Crippen LogP contribution is -2.52. The summed E-state index contributed by atoms with van der Waals surface area (Å²) in [5.74, 6) is -0.809. The number of nitrogens with one attached hydrogen (secondary N) is 3. The Morgan fingerprint density at radius 2 is 1.51 bits per heavy atom. The number of phenols is 2. The Morgan fingerprint density at radius 3 is 2.17 bits per heavy atom. The van der Waals surface area contributed by atoms with Crippen LogP contribution in [0.5, 0.6) is 17.2 Å². The van der Waals surface area contributed by atoms with Crippen molar-refractivity contribution in [3.63, 3.8) is 0 Å². The Balaban J connectivity index is 0.890. The number of hydrogen-bond acceptors (Lipinski definition) is 10. The molecule has 5 N–H and O–H groups in total. The van der Waals surface area contributed by atoms with Gasteiger partial charge in [0.25, 0.3) is 5.91 Å². The second-order valence-electron chi connectivity index (χ2n) is 14.1. The van der Waals surface area contributed by atoms with Crippen LogP contribution in [0.25, 0.3) is 11.1 Å². The molecule has 0 bridgehead atoms. The molecule has 2 atom stereocenters. The number of amides is 5. The first-order chi connectivity index (χ1) is 28.5. The lowest BCUT2D eigenvalue weighted by Gasteiger charge is -2.29. The van der Waals surface area contributed by atoms with Crippen LogP contribution in [-0.4, -0.2) is 89.8 Å². The molecule has 4 aromatic rings. The monoisotopic (exact) mass is 804 g/mol. The minimum absolute atomic E-state index is 0.0447. The van der Waals surface area contributed by atoms with Crippen LogP contribution in [0.15, 0.2) is 91.0 Å². The summed E-state index contributed by atoms with van der Waals surface area (Å²) in [5, 5.41) is 27.7. The van der Waals surface area contributed by atoms with Crippen molar-refractivity contribution in [3.05, 3.63) is 119 Å². The van der Waals surface area contributed by atoms with E-state index < -0.39 is 18.1 Å². The van der Waals surface area contributed by atoms with Gasteiger partial charge in [0.1, 0.15) is 36.0 Å². The quantitative estimate of drug-likeness (QED) is 0.0509. The number of nitrogens with zero attached hydrogens (tertiary/aromatic N) is 1. The smallest absolute Gasteiger partial charge is 0.255 e. The van der Waals surface area contributed by atoms with Gasteiger partial charge in [0.05, 0.1) is 32.8 Å². The van der Waals surface area contributed by atoms with E-state index in [-0.39, 0.29) is 93.9 Å². The van der Waals surface area contributed by atoms with E-state index in [1.165, 1.54) is 4.90 Å². The van der Waals surface area contributed by atoms with Gasteiger partial charge in [0.2, 0.25) is 23.6 Å². The van der Waals surface area contributed by atoms with Crippen LogP contribution in [0, 0.1) is 0 Å². The highest BCUT2D eigenvalue weighted by molar-refractivity contribution is 6.07. The molecule has 0 aromatic heterocycles. The Labute approximate surface area is 342 Å². The molecule has 59 heavy (non-hydrogen) atoms. The predicted molar refractivity (Wildman–Crippen MR) is 219 cm³/mol. The first kappa shape index (κ1) is 42.1. The highest BCUT2D eigenvalue weighted by Gasteiger charge is 2.40. The summed E-state index contributed by atoms with van der Waals surface area (Å²) in [6.45, 7) is 4.75. The number of hydrogen-bond donors (Lipinski definition) is 5. The Hall–Kier alpha value is -6.51. The summed E-state index contributed by atoms with van der Waals surface area (Å²) in [6.07, 6.45) is 0.435. The van der Waals surface area contributed by atoms with E-state index in [9.17, 15) is 34.2 Å². The summed E-state index contributed by atoms with van der Waals surface area (Å²) in [5.41, 5.74) is 6.43. The lowest BCUT2D eigenvalue weighted by atomic mass is 9.88. The number of phenolic OH excluding ortho intramolecular Hbond substituents is 2. The molecule has 2 aliphatic heterocycles. The lowest BCUT2D eigenvalue weighted by molar-refractivity contribution is -0.137. The molecule has 308 valence electrons. The number of anilines is 1. The summed E-state index contributed by atoms with van der Waals surface area (Å²) in [6, 6.07) is 26.1. The summed E-state index contributed by atoms with van der Waals surface area (Å²) >= 11 is 0. The van der Waals surface area contributed by atoms with Gasteiger partial charge >= 0.3 is 0 Å². The molecule has 0 radical (unpaired) electrons. The number of carbonyl (C=O) groups is 5. The van der Waals surface area contributed by atoms with Crippen molar-refractivity contribution in [1.82, 2.24) is 15.5 Å². The molecule has 4 aromatic carbocycles. The molecule has 1 fully saturated rings. The van der Waals surface area contributed by atoms with Gasteiger partial charge in [0, 0.05) is 29.8 Å². The van der Waals surface area contributed by atoms with E-state index in [0.29, 0.717) is 22.6 Å². The van der Waals surface area contributed by atoms with Crippen molar-refractivity contribution in [2.45, 2.75) is 58.2 Å². The van der Waals surface area contributed by atoms with Crippen molar-refractivity contribution < 1.29 is 48.4 Å². The molecule has 2 aliphatic rings. The predicted octanol–water partition coefficient (Wildman–Crippen LogP) is 5.17. The van der Waals surface area contributed by atoms with Crippen LogP contribution in [-0.2, 0) is 35.2 Å². The number of benzene rings is 4. The van der Waals surface area contributed by atoms with Gasteiger partial charge in [-0.25, -0.2) is 0 Å². The Morgan fingerprint density at radius 1 is 0.847 bits per heavy atom. The van der Waals surface area contributed by atoms with Gasteiger partial charge < -0.3 is 40.0 Å². The average molecular weight is 805 g/mol. The van der Waals surface area contributed by atoms with Gasteiger partial charge in [0.15, 0.2) is 0 Å². The van der Waals surface area contributed by atoms with Crippen LogP contribution >= 0.6 is 0 Å². The van der Waals surface area contributed by atoms with E-state index in [1.54, 1.807) is 49.4 Å². The van der Waals surface area contributed by atoms with E-state index in [2.05, 4.69) is 22.9 Å². The standard InChI is InChI=1S/C45H48N4O10/c1-3-35(29-7-13-32(50)14-8-29)42(30-9-15-33(51)16-10-30)31-11-17-34(18-12-31)59-24-22-46-43(54)28(2)58-26-25-57-23-21-41(53)47-38-6-4-5-36-37(38)27-49(45(36)56)39-19-20-40(52)48-44(39)55/h4-18,28,39,50-51H,3,19-27H2,1-2H3,(H,46,54)(H,47,53)(H,48,52,55). The fourth-order valence-corrected chi connectivity index (χ4v) is 7.08. The number of imide groups is 1. The van der Waals surface area contributed by atoms with Crippen molar-refractivity contribution in [2.24, 2.45) is 0 Å². The van der Waals surface area contributed by atoms with Crippen LogP contribution in [0.2, 0.25) is 0 Å². The van der Waals surface area contributed by atoms with Crippen molar-refractivity contribution in [3.8, 4) is 17.2 Å². The number of allylic oxidation sites excluding steroid dienone is 1. The molecule has 14 heteroatoms. The molecule has 0 saturated carbocycles. The molecule has 0 spiro atoms. The largest absolute Gasteiger partial charge is 0.508 e. The molecule has 14 nitrogen and oxygen atoms in total. The third-order valence-corrected chi connectivity index (χ3v) is 10.1.